The van der Waals surface area contributed by atoms with E-state index in [9.17, 15) is 0 Å². The van der Waals surface area contributed by atoms with E-state index in [-0.39, 0.29) is 0 Å². The Morgan fingerprint density at radius 2 is 2.29 bits per heavy atom. The molecule has 0 aliphatic carbocycles. The third-order valence-electron chi connectivity index (χ3n) is 3.00. The van der Waals surface area contributed by atoms with E-state index >= 15 is 0 Å². The van der Waals surface area contributed by atoms with Crippen LogP contribution in [-0.4, -0.2) is 16.3 Å². The van der Waals surface area contributed by atoms with Gasteiger partial charge in [-0.2, -0.15) is 5.10 Å². The lowest BCUT2D eigenvalue weighted by Gasteiger charge is -2.10. The molecular formula is C12H13BrN4. The third kappa shape index (κ3) is 1.85. The van der Waals surface area contributed by atoms with Crippen LogP contribution in [0.2, 0.25) is 0 Å². The zero-order valence-corrected chi connectivity index (χ0v) is 10.9. The van der Waals surface area contributed by atoms with Crippen molar-refractivity contribution in [1.82, 2.24) is 15.1 Å². The summed E-state index contributed by atoms with van der Waals surface area (Å²) < 4.78 is 2.85. The zero-order valence-electron chi connectivity index (χ0n) is 9.28. The second-order valence-electron chi connectivity index (χ2n) is 4.13. The molecule has 2 aromatic rings. The van der Waals surface area contributed by atoms with Gasteiger partial charge < -0.3 is 11.1 Å². The number of fused-ring (bicyclic) bond motifs is 1. The molecule has 1 aliphatic heterocycles. The van der Waals surface area contributed by atoms with Crippen molar-refractivity contribution in [3.05, 3.63) is 40.0 Å². The average Bonchev–Trinajstić information content (AvgIpc) is 2.68. The van der Waals surface area contributed by atoms with Crippen molar-refractivity contribution in [2.45, 2.75) is 13.0 Å². The minimum Gasteiger partial charge on any atom is -0.383 e. The van der Waals surface area contributed by atoms with E-state index in [2.05, 4.69) is 26.3 Å². The van der Waals surface area contributed by atoms with Crippen LogP contribution in [0.4, 0.5) is 5.82 Å². The van der Waals surface area contributed by atoms with Crippen molar-refractivity contribution < 1.29 is 0 Å². The summed E-state index contributed by atoms with van der Waals surface area (Å²) in [4.78, 5) is 0. The number of hydrogen-bond donors (Lipinski definition) is 2. The summed E-state index contributed by atoms with van der Waals surface area (Å²) in [6, 6.07) is 8.00. The Morgan fingerprint density at radius 3 is 3.06 bits per heavy atom. The summed E-state index contributed by atoms with van der Waals surface area (Å²) in [5.41, 5.74) is 9.40. The highest BCUT2D eigenvalue weighted by Crippen LogP contribution is 2.24. The fourth-order valence-electron chi connectivity index (χ4n) is 2.15. The van der Waals surface area contributed by atoms with E-state index < -0.39 is 0 Å². The Kier molecular flexibility index (Phi) is 2.64. The highest BCUT2D eigenvalue weighted by atomic mass is 79.9. The van der Waals surface area contributed by atoms with Crippen LogP contribution in [0, 0.1) is 0 Å². The molecule has 0 atom stereocenters. The SMILES string of the molecule is Nc1c2c(nn1-c1cccc(Br)c1)CNCC2. The van der Waals surface area contributed by atoms with Crippen molar-refractivity contribution in [1.29, 1.82) is 0 Å². The highest BCUT2D eigenvalue weighted by molar-refractivity contribution is 9.10. The van der Waals surface area contributed by atoms with Crippen LogP contribution < -0.4 is 11.1 Å². The molecule has 1 aliphatic rings. The van der Waals surface area contributed by atoms with Gasteiger partial charge in [0.2, 0.25) is 0 Å². The standard InChI is InChI=1S/C12H13BrN4/c13-8-2-1-3-9(6-8)17-12(14)10-4-5-15-7-11(10)16-17/h1-3,6,15H,4-5,7,14H2. The molecule has 2 heterocycles. The van der Waals surface area contributed by atoms with Crippen molar-refractivity contribution in [3.8, 4) is 5.69 Å². The van der Waals surface area contributed by atoms with E-state index in [0.29, 0.717) is 0 Å². The molecule has 0 amide bonds. The lowest BCUT2D eigenvalue weighted by Crippen LogP contribution is -2.23. The maximum atomic E-state index is 6.16. The Morgan fingerprint density at radius 1 is 1.41 bits per heavy atom. The number of halogens is 1. The number of benzene rings is 1. The molecule has 3 rings (SSSR count). The quantitative estimate of drug-likeness (QED) is 0.844. The number of rotatable bonds is 1. The first-order valence-electron chi connectivity index (χ1n) is 5.58. The normalized spacial score (nSPS) is 14.6. The van der Waals surface area contributed by atoms with Gasteiger partial charge in [-0.25, -0.2) is 4.68 Å². The van der Waals surface area contributed by atoms with E-state index in [1.54, 1.807) is 0 Å². The van der Waals surface area contributed by atoms with Gasteiger partial charge in [-0.1, -0.05) is 22.0 Å². The molecular weight excluding hydrogens is 280 g/mol. The fourth-order valence-corrected chi connectivity index (χ4v) is 2.54. The lowest BCUT2D eigenvalue weighted by molar-refractivity contribution is 0.629. The summed E-state index contributed by atoms with van der Waals surface area (Å²) >= 11 is 3.46. The fraction of sp³-hybridized carbons (Fsp3) is 0.250. The molecule has 0 radical (unpaired) electrons. The molecule has 0 saturated carbocycles. The Bertz CT molecular complexity index is 562. The topological polar surface area (TPSA) is 55.9 Å². The number of nitrogen functional groups attached to an aromatic ring is 1. The van der Waals surface area contributed by atoms with Crippen molar-refractivity contribution in [2.75, 3.05) is 12.3 Å². The summed E-state index contributed by atoms with van der Waals surface area (Å²) in [5.74, 6) is 0.764. The highest BCUT2D eigenvalue weighted by Gasteiger charge is 2.18. The van der Waals surface area contributed by atoms with Crippen LogP contribution >= 0.6 is 15.9 Å². The predicted octanol–water partition coefficient (Wildman–Crippen LogP) is 1.86. The first-order valence-corrected chi connectivity index (χ1v) is 6.38. The molecule has 5 heteroatoms. The number of anilines is 1. The van der Waals surface area contributed by atoms with Gasteiger partial charge in [-0.05, 0) is 31.2 Å². The molecule has 0 saturated heterocycles. The molecule has 0 bridgehead atoms. The molecule has 0 unspecified atom stereocenters. The van der Waals surface area contributed by atoms with Crippen LogP contribution in [0.5, 0.6) is 0 Å². The number of aromatic nitrogens is 2. The first-order chi connectivity index (χ1) is 8.25. The van der Waals surface area contributed by atoms with Crippen molar-refractivity contribution in [2.24, 2.45) is 0 Å². The maximum absolute atomic E-state index is 6.16. The predicted molar refractivity (Wildman–Crippen MR) is 71.1 cm³/mol. The molecule has 3 N–H and O–H groups in total. The first kappa shape index (κ1) is 10.8. The zero-order chi connectivity index (χ0) is 11.8. The number of nitrogens with one attached hydrogen (secondary N) is 1. The van der Waals surface area contributed by atoms with Gasteiger partial charge in [0.15, 0.2) is 0 Å². The van der Waals surface area contributed by atoms with Crippen LogP contribution in [0.1, 0.15) is 11.3 Å². The van der Waals surface area contributed by atoms with E-state index in [1.165, 1.54) is 5.56 Å². The van der Waals surface area contributed by atoms with Crippen LogP contribution in [0.25, 0.3) is 5.69 Å². The Hall–Kier alpha value is -1.33. The summed E-state index contributed by atoms with van der Waals surface area (Å²) in [6.07, 6.45) is 0.954. The van der Waals surface area contributed by atoms with Crippen LogP contribution in [-0.2, 0) is 13.0 Å². The summed E-state index contributed by atoms with van der Waals surface area (Å²) in [5, 5.41) is 7.87. The largest absolute Gasteiger partial charge is 0.383 e. The summed E-state index contributed by atoms with van der Waals surface area (Å²) in [7, 11) is 0. The van der Waals surface area contributed by atoms with Crippen molar-refractivity contribution in [3.63, 3.8) is 0 Å². The van der Waals surface area contributed by atoms with Gasteiger partial charge in [0, 0.05) is 16.6 Å². The minimum absolute atomic E-state index is 0.764. The van der Waals surface area contributed by atoms with Gasteiger partial charge >= 0.3 is 0 Å². The van der Waals surface area contributed by atoms with Gasteiger partial charge in [0.1, 0.15) is 5.82 Å². The second-order valence-corrected chi connectivity index (χ2v) is 5.04. The third-order valence-corrected chi connectivity index (χ3v) is 3.50. The molecule has 1 aromatic carbocycles. The van der Waals surface area contributed by atoms with E-state index in [4.69, 9.17) is 5.73 Å². The van der Waals surface area contributed by atoms with E-state index in [0.717, 1.165) is 41.2 Å². The van der Waals surface area contributed by atoms with E-state index in [1.807, 2.05) is 28.9 Å². The maximum Gasteiger partial charge on any atom is 0.130 e. The van der Waals surface area contributed by atoms with Gasteiger partial charge in [0.05, 0.1) is 11.4 Å². The minimum atomic E-state index is 0.764. The average molecular weight is 293 g/mol. The molecule has 0 spiro atoms. The molecule has 1 aromatic heterocycles. The number of nitrogens with two attached hydrogens (primary N) is 1. The molecule has 88 valence electrons. The smallest absolute Gasteiger partial charge is 0.130 e. The van der Waals surface area contributed by atoms with Gasteiger partial charge in [0.25, 0.3) is 0 Å². The molecule has 4 nitrogen and oxygen atoms in total. The molecule has 0 fully saturated rings. The van der Waals surface area contributed by atoms with Crippen LogP contribution in [0.3, 0.4) is 0 Å². The lowest BCUT2D eigenvalue weighted by atomic mass is 10.1. The summed E-state index contributed by atoms with van der Waals surface area (Å²) in [6.45, 7) is 1.78. The Labute approximate surface area is 108 Å². The molecule has 17 heavy (non-hydrogen) atoms. The number of nitrogens with zero attached hydrogens (tertiary/aromatic N) is 2. The Balaban J connectivity index is 2.12. The van der Waals surface area contributed by atoms with Gasteiger partial charge in [-0.15, -0.1) is 0 Å². The van der Waals surface area contributed by atoms with Gasteiger partial charge in [-0.3, -0.25) is 0 Å². The van der Waals surface area contributed by atoms with Crippen molar-refractivity contribution >= 4 is 21.7 Å². The second kappa shape index (κ2) is 4.16. The number of hydrogen-bond acceptors (Lipinski definition) is 3. The monoisotopic (exact) mass is 292 g/mol. The van der Waals surface area contributed by atoms with Crippen LogP contribution in [0.15, 0.2) is 28.7 Å².